The molecular weight excluding hydrogens is 395 g/mol. The Labute approximate surface area is 151 Å². The molecule has 2 aliphatic rings. The van der Waals surface area contributed by atoms with Crippen LogP contribution in [0, 0.1) is 0 Å². The quantitative estimate of drug-likeness (QED) is 0.577. The summed E-state index contributed by atoms with van der Waals surface area (Å²) in [6, 6.07) is 16.8. The van der Waals surface area contributed by atoms with Gasteiger partial charge in [-0.3, -0.25) is 0 Å². The maximum absolute atomic E-state index is 12.9. The molecule has 0 amide bonds. The summed E-state index contributed by atoms with van der Waals surface area (Å²) in [5.74, 6) is 0. The van der Waals surface area contributed by atoms with Gasteiger partial charge in [-0.25, -0.2) is 0 Å². The molecule has 0 bridgehead atoms. The SMILES string of the molecule is C[CH]=[Zr]([C](=O)Cl)([CH]1C=Cc2ccccc21)[CH]1C=Cc2ccccc21. The third-order valence-corrected chi connectivity index (χ3v) is 18.9. The van der Waals surface area contributed by atoms with Gasteiger partial charge in [0.25, 0.3) is 0 Å². The molecule has 2 aromatic rings. The van der Waals surface area contributed by atoms with Crippen LogP contribution in [0.25, 0.3) is 12.2 Å². The van der Waals surface area contributed by atoms with E-state index in [0.29, 0.717) is 0 Å². The number of hydrogen-bond acceptors (Lipinski definition) is 1. The van der Waals surface area contributed by atoms with Crippen molar-refractivity contribution in [3.63, 3.8) is 0 Å². The Kier molecular flexibility index (Phi) is 4.14. The van der Waals surface area contributed by atoms with Crippen LogP contribution in [0.3, 0.4) is 0 Å². The van der Waals surface area contributed by atoms with E-state index < -0.39 is 19.8 Å². The minimum atomic E-state index is -3.61. The fourth-order valence-corrected chi connectivity index (χ4v) is 16.6. The topological polar surface area (TPSA) is 17.1 Å². The van der Waals surface area contributed by atoms with Crippen LogP contribution in [0.4, 0.5) is 4.79 Å². The van der Waals surface area contributed by atoms with Gasteiger partial charge >= 0.3 is 152 Å². The molecule has 119 valence electrons. The maximum atomic E-state index is 12.9. The van der Waals surface area contributed by atoms with Crippen LogP contribution < -0.4 is 0 Å². The van der Waals surface area contributed by atoms with E-state index in [9.17, 15) is 4.79 Å². The zero-order chi connectivity index (χ0) is 16.7. The molecule has 24 heavy (non-hydrogen) atoms. The summed E-state index contributed by atoms with van der Waals surface area (Å²) in [4.78, 5) is 12.9. The predicted octanol–water partition coefficient (Wildman–Crippen LogP) is 5.86. The van der Waals surface area contributed by atoms with Crippen molar-refractivity contribution in [3.05, 3.63) is 82.9 Å². The number of halogens is 1. The summed E-state index contributed by atoms with van der Waals surface area (Å²) in [6.45, 7) is 2.04. The number of hydrogen-bond donors (Lipinski definition) is 0. The molecule has 2 unspecified atom stereocenters. The van der Waals surface area contributed by atoms with E-state index in [1.807, 2.05) is 19.1 Å². The molecule has 0 saturated heterocycles. The van der Waals surface area contributed by atoms with Gasteiger partial charge in [0, 0.05) is 0 Å². The van der Waals surface area contributed by atoms with Crippen molar-refractivity contribution >= 4 is 30.4 Å². The van der Waals surface area contributed by atoms with Gasteiger partial charge in [-0.1, -0.05) is 0 Å². The number of fused-ring (bicyclic) bond motifs is 2. The van der Waals surface area contributed by atoms with Gasteiger partial charge in [0.05, 0.1) is 0 Å². The number of allylic oxidation sites excluding steroid dienone is 2. The van der Waals surface area contributed by atoms with E-state index in [0.717, 1.165) is 0 Å². The van der Waals surface area contributed by atoms with Crippen LogP contribution in [0.5, 0.6) is 0 Å². The Morgan fingerprint density at radius 3 is 1.79 bits per heavy atom. The van der Waals surface area contributed by atoms with Gasteiger partial charge in [-0.15, -0.1) is 0 Å². The Balaban J connectivity index is 1.93. The predicted molar refractivity (Wildman–Crippen MR) is 99.4 cm³/mol. The van der Waals surface area contributed by atoms with Crippen molar-refractivity contribution in [1.82, 2.24) is 0 Å². The van der Waals surface area contributed by atoms with Gasteiger partial charge in [0.15, 0.2) is 0 Å². The molecule has 0 heterocycles. The van der Waals surface area contributed by atoms with Crippen LogP contribution in [-0.4, -0.2) is 6.66 Å². The van der Waals surface area contributed by atoms with Crippen LogP contribution in [0.2, 0.25) is 0 Å². The molecule has 0 radical (unpaired) electrons. The normalized spacial score (nSPS) is 22.8. The Morgan fingerprint density at radius 2 is 1.38 bits per heavy atom. The average Bonchev–Trinajstić information content (AvgIpc) is 3.22. The minimum absolute atomic E-state index is 0.0930. The molecule has 0 N–H and O–H groups in total. The molecule has 2 aliphatic carbocycles. The third kappa shape index (κ3) is 2.24. The molecule has 0 aromatic heterocycles. The van der Waals surface area contributed by atoms with Crippen LogP contribution in [-0.2, 0) is 19.8 Å². The van der Waals surface area contributed by atoms with Crippen LogP contribution in [0.1, 0.15) is 36.4 Å². The summed E-state index contributed by atoms with van der Waals surface area (Å²) in [7, 11) is 0. The summed E-state index contributed by atoms with van der Waals surface area (Å²) in [6.07, 6.45) is 8.74. The molecule has 0 aliphatic heterocycles. The summed E-state index contributed by atoms with van der Waals surface area (Å²) in [5, 5.41) is 0. The fourth-order valence-electron chi connectivity index (χ4n) is 4.24. The van der Waals surface area contributed by atoms with Crippen molar-refractivity contribution in [2.45, 2.75) is 14.2 Å². The first-order chi connectivity index (χ1) is 11.7. The molecule has 0 saturated carbocycles. The first-order valence-corrected chi connectivity index (χ1v) is 14.1. The van der Waals surface area contributed by atoms with Gasteiger partial charge < -0.3 is 0 Å². The van der Waals surface area contributed by atoms with E-state index in [-0.39, 0.29) is 10.2 Å². The zero-order valence-corrected chi connectivity index (χ0v) is 16.7. The van der Waals surface area contributed by atoms with Crippen molar-refractivity contribution in [2.75, 3.05) is 0 Å². The number of benzene rings is 2. The second-order valence-corrected chi connectivity index (χ2v) is 17.7. The standard InChI is InChI=1S/2C9H7.C2H4.CClO.Zr/c2*1-2-5-9-7-3-6-8(9)4-1;1-2;2-1-3;/h2*1-7H;1H,2H3;;. The van der Waals surface area contributed by atoms with Crippen LogP contribution in [0.15, 0.2) is 60.7 Å². The average molecular weight is 413 g/mol. The molecule has 2 atom stereocenters. The first-order valence-electron chi connectivity index (χ1n) is 8.23. The van der Waals surface area contributed by atoms with Gasteiger partial charge in [0.1, 0.15) is 0 Å². The molecule has 2 aromatic carbocycles. The van der Waals surface area contributed by atoms with E-state index in [1.165, 1.54) is 22.3 Å². The zero-order valence-electron chi connectivity index (χ0n) is 13.4. The Morgan fingerprint density at radius 1 is 0.917 bits per heavy atom. The third-order valence-electron chi connectivity index (χ3n) is 5.45. The van der Waals surface area contributed by atoms with Gasteiger partial charge in [-0.05, 0) is 0 Å². The van der Waals surface area contributed by atoms with E-state index in [4.69, 9.17) is 11.6 Å². The number of rotatable bonds is 3. The first kappa shape index (κ1) is 16.1. The van der Waals surface area contributed by atoms with Crippen molar-refractivity contribution in [2.24, 2.45) is 0 Å². The Bertz CT molecular complexity index is 873. The van der Waals surface area contributed by atoms with Crippen molar-refractivity contribution in [3.8, 4) is 0 Å². The molecular formula is C21H18ClOZr. The van der Waals surface area contributed by atoms with Crippen LogP contribution >= 0.6 is 11.6 Å². The van der Waals surface area contributed by atoms with E-state index in [2.05, 4.69) is 64.4 Å². The number of carbonyl (C=O) groups is 1. The molecule has 4 rings (SSSR count). The second kappa shape index (κ2) is 6.17. The van der Waals surface area contributed by atoms with Crippen molar-refractivity contribution in [1.29, 1.82) is 0 Å². The summed E-state index contributed by atoms with van der Waals surface area (Å²) in [5.41, 5.74) is 4.97. The fraction of sp³-hybridized carbons (Fsp3) is 0.143. The van der Waals surface area contributed by atoms with E-state index in [1.54, 1.807) is 0 Å². The van der Waals surface area contributed by atoms with E-state index >= 15 is 0 Å². The van der Waals surface area contributed by atoms with Crippen molar-refractivity contribution < 1.29 is 24.6 Å². The summed E-state index contributed by atoms with van der Waals surface area (Å²) < 4.78 is 2.43. The number of carbonyl (C=O) groups excluding carboxylic acids is 1. The molecule has 0 spiro atoms. The Hall–Kier alpha value is -1.37. The van der Waals surface area contributed by atoms with Gasteiger partial charge in [0.2, 0.25) is 0 Å². The molecule has 1 nitrogen and oxygen atoms in total. The molecule has 0 fully saturated rings. The monoisotopic (exact) mass is 411 g/mol. The molecule has 3 heteroatoms. The second-order valence-electron chi connectivity index (χ2n) is 6.43. The summed E-state index contributed by atoms with van der Waals surface area (Å²) >= 11 is 2.74. The van der Waals surface area contributed by atoms with Gasteiger partial charge in [-0.2, -0.15) is 0 Å².